The summed E-state index contributed by atoms with van der Waals surface area (Å²) in [5.41, 5.74) is 2.75. The van der Waals surface area contributed by atoms with Crippen LogP contribution in [0, 0.1) is 30.1 Å². The minimum atomic E-state index is -0.479. The van der Waals surface area contributed by atoms with Gasteiger partial charge in [-0.3, -0.25) is 9.59 Å². The molecular formula is C27H32N2O4S. The van der Waals surface area contributed by atoms with Crippen molar-refractivity contribution in [1.82, 2.24) is 4.98 Å². The zero-order valence-electron chi connectivity index (χ0n) is 20.0. The molecule has 1 amide bonds. The Balaban J connectivity index is 1.40. The fourth-order valence-corrected chi connectivity index (χ4v) is 7.69. The number of allylic oxidation sites excluding steroid dienone is 1. The summed E-state index contributed by atoms with van der Waals surface area (Å²) >= 11 is 1.45. The first-order valence-electron chi connectivity index (χ1n) is 12.1. The van der Waals surface area contributed by atoms with E-state index in [1.165, 1.54) is 22.5 Å². The SMILES string of the molecule is COc1ccc2c(c1)CCC1C2CC[C@]2(C)C(=O)/C(=C\O)[C@@H](CCC(=O)Nc3ncc(C)s3)C12. The van der Waals surface area contributed by atoms with Crippen LogP contribution in [0.15, 0.2) is 36.2 Å². The van der Waals surface area contributed by atoms with Crippen molar-refractivity contribution in [2.75, 3.05) is 12.4 Å². The molecule has 0 saturated heterocycles. The highest BCUT2D eigenvalue weighted by Gasteiger charge is 2.60. The van der Waals surface area contributed by atoms with Crippen LogP contribution in [0.1, 0.15) is 60.9 Å². The van der Waals surface area contributed by atoms with Gasteiger partial charge >= 0.3 is 0 Å². The third-order valence-electron chi connectivity index (χ3n) is 8.49. The average molecular weight is 481 g/mol. The number of fused-ring (bicyclic) bond motifs is 5. The number of rotatable bonds is 5. The summed E-state index contributed by atoms with van der Waals surface area (Å²) in [6.07, 6.45) is 7.36. The van der Waals surface area contributed by atoms with Gasteiger partial charge in [0.1, 0.15) is 5.75 Å². The monoisotopic (exact) mass is 480 g/mol. The fourth-order valence-electron chi connectivity index (χ4n) is 7.00. The second-order valence-corrected chi connectivity index (χ2v) is 11.5. The van der Waals surface area contributed by atoms with Gasteiger partial charge in [-0.2, -0.15) is 0 Å². The molecule has 1 aromatic carbocycles. The van der Waals surface area contributed by atoms with Gasteiger partial charge in [-0.25, -0.2) is 4.98 Å². The zero-order valence-corrected chi connectivity index (χ0v) is 20.8. The molecule has 5 rings (SSSR count). The molecule has 0 radical (unpaired) electrons. The van der Waals surface area contributed by atoms with Gasteiger partial charge in [0, 0.05) is 28.5 Å². The number of benzene rings is 1. The second-order valence-electron chi connectivity index (χ2n) is 10.2. The number of hydrogen-bond acceptors (Lipinski definition) is 6. The Morgan fingerprint density at radius 1 is 1.38 bits per heavy atom. The number of ether oxygens (including phenoxy) is 1. The highest BCUT2D eigenvalue weighted by molar-refractivity contribution is 7.15. The number of methoxy groups -OCH3 is 1. The molecule has 2 saturated carbocycles. The Hall–Kier alpha value is -2.67. The summed E-state index contributed by atoms with van der Waals surface area (Å²) in [6, 6.07) is 6.39. The first-order valence-corrected chi connectivity index (χ1v) is 13.0. The number of nitrogens with one attached hydrogen (secondary N) is 1. The molecule has 3 aliphatic rings. The van der Waals surface area contributed by atoms with E-state index in [4.69, 9.17) is 4.74 Å². The maximum Gasteiger partial charge on any atom is 0.226 e. The van der Waals surface area contributed by atoms with Crippen LogP contribution in [0.3, 0.4) is 0 Å². The molecule has 7 heteroatoms. The van der Waals surface area contributed by atoms with Gasteiger partial charge in [-0.15, -0.1) is 11.3 Å². The molecule has 2 fully saturated rings. The fraction of sp³-hybridized carbons (Fsp3) is 0.519. The molecule has 5 atom stereocenters. The van der Waals surface area contributed by atoms with E-state index in [1.807, 2.05) is 13.0 Å². The van der Waals surface area contributed by atoms with E-state index in [0.29, 0.717) is 35.4 Å². The number of thiazole rings is 1. The number of aliphatic hydroxyl groups excluding tert-OH is 1. The lowest BCUT2D eigenvalue weighted by Gasteiger charge is -2.49. The smallest absolute Gasteiger partial charge is 0.226 e. The highest BCUT2D eigenvalue weighted by atomic mass is 32.1. The van der Waals surface area contributed by atoms with Crippen molar-refractivity contribution < 1.29 is 19.4 Å². The highest BCUT2D eigenvalue weighted by Crippen LogP contribution is 2.63. The minimum absolute atomic E-state index is 0.0694. The van der Waals surface area contributed by atoms with Crippen LogP contribution in [0.5, 0.6) is 5.75 Å². The van der Waals surface area contributed by atoms with Gasteiger partial charge < -0.3 is 15.2 Å². The Kier molecular flexibility index (Phi) is 6.00. The third-order valence-corrected chi connectivity index (χ3v) is 9.32. The number of aliphatic hydroxyl groups is 1. The lowest BCUT2D eigenvalue weighted by atomic mass is 9.54. The Morgan fingerprint density at radius 3 is 2.91 bits per heavy atom. The molecular weight excluding hydrogens is 448 g/mol. The van der Waals surface area contributed by atoms with Gasteiger partial charge in [0.2, 0.25) is 5.91 Å². The molecule has 0 bridgehead atoms. The number of aromatic nitrogens is 1. The van der Waals surface area contributed by atoms with Crippen LogP contribution in [-0.2, 0) is 16.0 Å². The molecule has 0 spiro atoms. The van der Waals surface area contributed by atoms with Crippen LogP contribution in [0.25, 0.3) is 0 Å². The molecule has 180 valence electrons. The number of nitrogens with zero attached hydrogens (tertiary/aromatic N) is 1. The summed E-state index contributed by atoms with van der Waals surface area (Å²) in [5.74, 6) is 1.63. The quantitative estimate of drug-likeness (QED) is 0.431. The Morgan fingerprint density at radius 2 is 2.21 bits per heavy atom. The number of Topliss-reactive ketones (excluding diaryl/α,β-unsaturated/α-hetero) is 1. The van der Waals surface area contributed by atoms with Crippen molar-refractivity contribution in [1.29, 1.82) is 0 Å². The molecule has 2 N–H and O–H groups in total. The predicted molar refractivity (Wildman–Crippen MR) is 132 cm³/mol. The van der Waals surface area contributed by atoms with E-state index in [1.54, 1.807) is 13.3 Å². The first-order chi connectivity index (χ1) is 16.4. The molecule has 34 heavy (non-hydrogen) atoms. The van der Waals surface area contributed by atoms with Crippen LogP contribution in [0.4, 0.5) is 5.13 Å². The average Bonchev–Trinajstić information content (AvgIpc) is 3.34. The summed E-state index contributed by atoms with van der Waals surface area (Å²) < 4.78 is 5.44. The van der Waals surface area contributed by atoms with Crippen molar-refractivity contribution in [3.63, 3.8) is 0 Å². The van der Waals surface area contributed by atoms with Gasteiger partial charge in [-0.1, -0.05) is 13.0 Å². The summed E-state index contributed by atoms with van der Waals surface area (Å²) in [4.78, 5) is 31.4. The summed E-state index contributed by atoms with van der Waals surface area (Å²) in [6.45, 7) is 4.04. The van der Waals surface area contributed by atoms with E-state index >= 15 is 0 Å². The van der Waals surface area contributed by atoms with Crippen molar-refractivity contribution in [3.05, 3.63) is 52.2 Å². The van der Waals surface area contributed by atoms with Crippen molar-refractivity contribution in [2.45, 2.75) is 58.3 Å². The largest absolute Gasteiger partial charge is 0.515 e. The number of carbonyl (C=O) groups is 2. The molecule has 1 aromatic heterocycles. The van der Waals surface area contributed by atoms with Crippen molar-refractivity contribution in [3.8, 4) is 5.75 Å². The van der Waals surface area contributed by atoms with E-state index in [2.05, 4.69) is 29.4 Å². The molecule has 3 unspecified atom stereocenters. The van der Waals surface area contributed by atoms with Gasteiger partial charge in [-0.05, 0) is 86.0 Å². The number of amides is 1. The summed E-state index contributed by atoms with van der Waals surface area (Å²) in [7, 11) is 1.70. The Labute approximate surface area is 204 Å². The number of hydrogen-bond donors (Lipinski definition) is 2. The minimum Gasteiger partial charge on any atom is -0.515 e. The summed E-state index contributed by atoms with van der Waals surface area (Å²) in [5, 5.41) is 13.6. The molecule has 1 heterocycles. The normalized spacial score (nSPS) is 31.0. The molecule has 0 aliphatic heterocycles. The van der Waals surface area contributed by atoms with Crippen molar-refractivity contribution >= 4 is 28.2 Å². The number of carbonyl (C=O) groups excluding carboxylic acids is 2. The third kappa shape index (κ3) is 3.74. The lowest BCUT2D eigenvalue weighted by molar-refractivity contribution is -0.127. The topological polar surface area (TPSA) is 88.5 Å². The van der Waals surface area contributed by atoms with Gasteiger partial charge in [0.25, 0.3) is 0 Å². The van der Waals surface area contributed by atoms with E-state index in [-0.39, 0.29) is 23.5 Å². The van der Waals surface area contributed by atoms with Crippen molar-refractivity contribution in [2.24, 2.45) is 23.2 Å². The zero-order chi connectivity index (χ0) is 24.0. The van der Waals surface area contributed by atoms with E-state index in [0.717, 1.165) is 42.6 Å². The lowest BCUT2D eigenvalue weighted by Crippen LogP contribution is -2.44. The van der Waals surface area contributed by atoms with E-state index in [9.17, 15) is 14.7 Å². The Bertz CT molecular complexity index is 1160. The van der Waals surface area contributed by atoms with E-state index < -0.39 is 5.41 Å². The maximum atomic E-state index is 13.5. The van der Waals surface area contributed by atoms with Gasteiger partial charge in [0.15, 0.2) is 10.9 Å². The maximum absolute atomic E-state index is 13.5. The van der Waals surface area contributed by atoms with Crippen LogP contribution in [0.2, 0.25) is 0 Å². The van der Waals surface area contributed by atoms with Crippen LogP contribution >= 0.6 is 11.3 Å². The second kappa shape index (κ2) is 8.84. The van der Waals surface area contributed by atoms with Gasteiger partial charge in [0.05, 0.1) is 13.4 Å². The molecule has 3 aliphatic carbocycles. The van der Waals surface area contributed by atoms with Crippen LogP contribution < -0.4 is 10.1 Å². The standard InChI is InChI=1S/C27H32N2O4S/c1-15-13-28-26(34-15)29-23(31)9-8-21-22(14-30)25(32)27(2)11-10-19-18-7-5-17(33-3)12-16(18)4-6-20(19)24(21)27/h5,7,12-14,19-21,24,30H,4,6,8-11H2,1-3H3,(H,28,29,31)/b22-14-/t19?,20?,21-,24?,27+/m1/s1. The predicted octanol–water partition coefficient (Wildman–Crippen LogP) is 5.58. The molecule has 6 nitrogen and oxygen atoms in total. The number of anilines is 1. The first kappa shape index (κ1) is 23.1. The molecule has 2 aromatic rings. The number of aryl methyl sites for hydroxylation is 2. The van der Waals surface area contributed by atoms with Crippen LogP contribution in [-0.4, -0.2) is 28.9 Å². The number of ketones is 1.